The van der Waals surface area contributed by atoms with E-state index in [-0.39, 0.29) is 5.82 Å². The van der Waals surface area contributed by atoms with Crippen LogP contribution in [0.15, 0.2) is 53.1 Å². The fourth-order valence-electron chi connectivity index (χ4n) is 1.35. The molecule has 1 aromatic heterocycles. The zero-order valence-corrected chi connectivity index (χ0v) is 9.48. The van der Waals surface area contributed by atoms with Gasteiger partial charge in [0.2, 0.25) is 0 Å². The summed E-state index contributed by atoms with van der Waals surface area (Å²) in [6.07, 6.45) is 3.64. The number of benzene rings is 1. The number of rotatable bonds is 3. The van der Waals surface area contributed by atoms with E-state index in [1.165, 1.54) is 12.1 Å². The van der Waals surface area contributed by atoms with Crippen molar-refractivity contribution in [3.8, 4) is 11.3 Å². The predicted octanol–water partition coefficient (Wildman–Crippen LogP) is 4.07. The van der Waals surface area contributed by atoms with Crippen LogP contribution in [0.2, 0.25) is 0 Å². The maximum absolute atomic E-state index is 12.8. The standard InChI is InChI=1S/C14H12FNO/c1-10(2)3-8-13-9-14(16-17-13)11-4-6-12(15)7-5-11/h3-9H,1H2,2H3/b8-3+. The monoisotopic (exact) mass is 229 g/mol. The SMILES string of the molecule is C=C(C)/C=C/c1cc(-c2ccc(F)cc2)no1. The molecule has 0 amide bonds. The van der Waals surface area contributed by atoms with Gasteiger partial charge < -0.3 is 4.52 Å². The number of hydrogen-bond acceptors (Lipinski definition) is 2. The second-order valence-electron chi connectivity index (χ2n) is 3.80. The molecule has 0 spiro atoms. The van der Waals surface area contributed by atoms with Crippen molar-refractivity contribution in [2.75, 3.05) is 0 Å². The average Bonchev–Trinajstić information content (AvgIpc) is 2.76. The number of allylic oxidation sites excluding steroid dienone is 2. The van der Waals surface area contributed by atoms with E-state index in [1.807, 2.05) is 13.0 Å². The van der Waals surface area contributed by atoms with Gasteiger partial charge in [-0.1, -0.05) is 23.4 Å². The van der Waals surface area contributed by atoms with Gasteiger partial charge in [-0.05, 0) is 37.3 Å². The largest absolute Gasteiger partial charge is 0.356 e. The molecule has 2 nitrogen and oxygen atoms in total. The Kier molecular flexibility index (Phi) is 3.19. The third-order valence-electron chi connectivity index (χ3n) is 2.20. The summed E-state index contributed by atoms with van der Waals surface area (Å²) in [7, 11) is 0. The molecule has 17 heavy (non-hydrogen) atoms. The molecule has 0 saturated carbocycles. The Morgan fingerprint density at radius 2 is 2.06 bits per heavy atom. The zero-order valence-electron chi connectivity index (χ0n) is 9.48. The van der Waals surface area contributed by atoms with Crippen molar-refractivity contribution in [1.29, 1.82) is 0 Å². The van der Waals surface area contributed by atoms with Crippen LogP contribution < -0.4 is 0 Å². The topological polar surface area (TPSA) is 26.0 Å². The fraction of sp³-hybridized carbons (Fsp3) is 0.0714. The minimum Gasteiger partial charge on any atom is -0.356 e. The molecule has 0 unspecified atom stereocenters. The highest BCUT2D eigenvalue weighted by atomic mass is 19.1. The van der Waals surface area contributed by atoms with E-state index in [1.54, 1.807) is 24.3 Å². The van der Waals surface area contributed by atoms with Crippen molar-refractivity contribution in [2.45, 2.75) is 6.92 Å². The van der Waals surface area contributed by atoms with Crippen LogP contribution in [0, 0.1) is 5.82 Å². The van der Waals surface area contributed by atoms with E-state index in [4.69, 9.17) is 4.52 Å². The summed E-state index contributed by atoms with van der Waals surface area (Å²) in [5.41, 5.74) is 2.45. The van der Waals surface area contributed by atoms with Crippen LogP contribution in [0.5, 0.6) is 0 Å². The lowest BCUT2D eigenvalue weighted by Crippen LogP contribution is -1.77. The molecular weight excluding hydrogens is 217 g/mol. The van der Waals surface area contributed by atoms with Crippen LogP contribution in [0.4, 0.5) is 4.39 Å². The highest BCUT2D eigenvalue weighted by molar-refractivity contribution is 5.61. The average molecular weight is 229 g/mol. The van der Waals surface area contributed by atoms with Crippen molar-refractivity contribution < 1.29 is 8.91 Å². The number of nitrogens with zero attached hydrogens (tertiary/aromatic N) is 1. The molecule has 2 rings (SSSR count). The van der Waals surface area contributed by atoms with Gasteiger partial charge in [0.1, 0.15) is 11.5 Å². The van der Waals surface area contributed by atoms with E-state index < -0.39 is 0 Å². The Hall–Kier alpha value is -2.16. The van der Waals surface area contributed by atoms with Gasteiger partial charge in [0.25, 0.3) is 0 Å². The van der Waals surface area contributed by atoms with Gasteiger partial charge in [0.05, 0.1) is 0 Å². The molecule has 0 fully saturated rings. The number of halogens is 1. The maximum Gasteiger partial charge on any atom is 0.160 e. The van der Waals surface area contributed by atoms with Crippen molar-refractivity contribution in [2.24, 2.45) is 0 Å². The molecule has 0 atom stereocenters. The van der Waals surface area contributed by atoms with Gasteiger partial charge in [-0.3, -0.25) is 0 Å². The molecule has 0 N–H and O–H groups in total. The van der Waals surface area contributed by atoms with E-state index >= 15 is 0 Å². The summed E-state index contributed by atoms with van der Waals surface area (Å²) in [6, 6.07) is 7.92. The van der Waals surface area contributed by atoms with Crippen molar-refractivity contribution in [1.82, 2.24) is 5.16 Å². The van der Waals surface area contributed by atoms with Crippen LogP contribution in [-0.4, -0.2) is 5.16 Å². The van der Waals surface area contributed by atoms with Crippen molar-refractivity contribution in [3.05, 3.63) is 60.1 Å². The third kappa shape index (κ3) is 2.91. The summed E-state index contributed by atoms with van der Waals surface area (Å²) in [6.45, 7) is 5.65. The highest BCUT2D eigenvalue weighted by Gasteiger charge is 2.04. The lowest BCUT2D eigenvalue weighted by atomic mass is 10.1. The van der Waals surface area contributed by atoms with Gasteiger partial charge in [-0.2, -0.15) is 0 Å². The van der Waals surface area contributed by atoms with E-state index in [0.29, 0.717) is 11.5 Å². The Balaban J connectivity index is 2.23. The van der Waals surface area contributed by atoms with Crippen molar-refractivity contribution in [3.63, 3.8) is 0 Å². The van der Waals surface area contributed by atoms with Gasteiger partial charge in [-0.15, -0.1) is 0 Å². The fourth-order valence-corrected chi connectivity index (χ4v) is 1.35. The molecule has 0 aliphatic heterocycles. The van der Waals surface area contributed by atoms with Gasteiger partial charge in [0.15, 0.2) is 5.76 Å². The molecule has 0 aliphatic rings. The van der Waals surface area contributed by atoms with Crippen LogP contribution in [0.25, 0.3) is 17.3 Å². The lowest BCUT2D eigenvalue weighted by molar-refractivity contribution is 0.415. The summed E-state index contributed by atoms with van der Waals surface area (Å²) in [5, 5.41) is 3.92. The van der Waals surface area contributed by atoms with E-state index in [2.05, 4.69) is 11.7 Å². The lowest BCUT2D eigenvalue weighted by Gasteiger charge is -1.93. The molecule has 0 bridgehead atoms. The minimum absolute atomic E-state index is 0.264. The Bertz CT molecular complexity index is 552. The van der Waals surface area contributed by atoms with Gasteiger partial charge in [-0.25, -0.2) is 4.39 Å². The molecule has 0 aliphatic carbocycles. The minimum atomic E-state index is -0.264. The molecule has 1 heterocycles. The smallest absolute Gasteiger partial charge is 0.160 e. The second kappa shape index (κ2) is 4.78. The summed E-state index contributed by atoms with van der Waals surface area (Å²) in [5.74, 6) is 0.381. The molecular formula is C14H12FNO. The Labute approximate surface area is 99.1 Å². The quantitative estimate of drug-likeness (QED) is 0.741. The molecule has 0 radical (unpaired) electrons. The summed E-state index contributed by atoms with van der Waals surface area (Å²) < 4.78 is 17.9. The van der Waals surface area contributed by atoms with Crippen LogP contribution >= 0.6 is 0 Å². The number of hydrogen-bond donors (Lipinski definition) is 0. The summed E-state index contributed by atoms with van der Waals surface area (Å²) >= 11 is 0. The first-order valence-corrected chi connectivity index (χ1v) is 5.21. The molecule has 0 saturated heterocycles. The molecule has 2 aromatic rings. The Morgan fingerprint density at radius 3 is 2.71 bits per heavy atom. The second-order valence-corrected chi connectivity index (χ2v) is 3.80. The van der Waals surface area contributed by atoms with E-state index in [0.717, 1.165) is 11.1 Å². The first-order chi connectivity index (χ1) is 8.15. The normalized spacial score (nSPS) is 10.9. The first kappa shape index (κ1) is 11.3. The molecule has 1 aromatic carbocycles. The van der Waals surface area contributed by atoms with E-state index in [9.17, 15) is 4.39 Å². The van der Waals surface area contributed by atoms with Crippen LogP contribution in [0.1, 0.15) is 12.7 Å². The summed E-state index contributed by atoms with van der Waals surface area (Å²) in [4.78, 5) is 0. The van der Waals surface area contributed by atoms with Gasteiger partial charge in [0, 0.05) is 11.6 Å². The van der Waals surface area contributed by atoms with Crippen LogP contribution in [0.3, 0.4) is 0 Å². The zero-order chi connectivity index (χ0) is 12.3. The van der Waals surface area contributed by atoms with Crippen molar-refractivity contribution >= 4 is 6.08 Å². The first-order valence-electron chi connectivity index (χ1n) is 5.21. The maximum atomic E-state index is 12.8. The van der Waals surface area contributed by atoms with Gasteiger partial charge >= 0.3 is 0 Å². The van der Waals surface area contributed by atoms with Crippen LogP contribution in [-0.2, 0) is 0 Å². The molecule has 3 heteroatoms. The molecule has 86 valence electrons. The number of aromatic nitrogens is 1. The highest BCUT2D eigenvalue weighted by Crippen LogP contribution is 2.20. The third-order valence-corrected chi connectivity index (χ3v) is 2.20. The Morgan fingerprint density at radius 1 is 1.35 bits per heavy atom. The predicted molar refractivity (Wildman–Crippen MR) is 65.7 cm³/mol.